The second-order valence-electron chi connectivity index (χ2n) is 6.57. The van der Waals surface area contributed by atoms with Crippen molar-refractivity contribution in [2.75, 3.05) is 13.2 Å². The Bertz CT molecular complexity index is 1130. The molecule has 0 aliphatic heterocycles. The minimum atomic E-state index is -1.06. The summed E-state index contributed by atoms with van der Waals surface area (Å²) in [5.41, 5.74) is 10.3. The van der Waals surface area contributed by atoms with Crippen molar-refractivity contribution in [3.05, 3.63) is 45.5 Å². The molecule has 0 saturated heterocycles. The lowest BCUT2D eigenvalue weighted by molar-refractivity contribution is -0.143. The normalized spacial score (nSPS) is 10.1. The molecule has 4 N–H and O–H groups in total. The zero-order chi connectivity index (χ0) is 24.0. The number of primary amides is 2. The molecule has 0 radical (unpaired) electrons. The third-order valence-electron chi connectivity index (χ3n) is 4.65. The number of carbonyl (C=O) groups excluding carboxylic acids is 4. The lowest BCUT2D eigenvalue weighted by Gasteiger charge is -2.19. The van der Waals surface area contributed by atoms with Gasteiger partial charge in [-0.2, -0.15) is 10.5 Å². The molecule has 0 aromatic heterocycles. The number of ether oxygens (including phenoxy) is 2. The van der Waals surface area contributed by atoms with E-state index in [1.165, 1.54) is 12.1 Å². The molecule has 2 amide bonds. The lowest BCUT2D eigenvalue weighted by atomic mass is 9.84. The minimum absolute atomic E-state index is 0.00773. The Kier molecular flexibility index (Phi) is 7.48. The molecule has 164 valence electrons. The molecule has 0 bridgehead atoms. The van der Waals surface area contributed by atoms with Gasteiger partial charge in [0.2, 0.25) is 11.8 Å². The standard InChI is InChI=1S/C22H20N4O6/c1-3-31-17(27)7-15-13-5-11(9-23)12(10-24)6-14(13)16(8-18(28)32-4-2)20(22(26)30)19(15)21(25)29/h5-6H,3-4,7-8H2,1-2H3,(H2,25,29)(H2,26,30). The molecule has 2 aromatic carbocycles. The van der Waals surface area contributed by atoms with Crippen LogP contribution in [0.3, 0.4) is 0 Å². The molecule has 32 heavy (non-hydrogen) atoms. The number of nitriles is 2. The van der Waals surface area contributed by atoms with Gasteiger partial charge in [0.25, 0.3) is 0 Å². The first-order chi connectivity index (χ1) is 15.2. The topological polar surface area (TPSA) is 186 Å². The fourth-order valence-corrected chi connectivity index (χ4v) is 3.48. The van der Waals surface area contributed by atoms with Crippen LogP contribution in [-0.4, -0.2) is 37.0 Å². The number of hydrogen-bond donors (Lipinski definition) is 2. The Labute approximate surface area is 183 Å². The van der Waals surface area contributed by atoms with Crippen LogP contribution in [-0.2, 0) is 31.9 Å². The Morgan fingerprint density at radius 3 is 1.38 bits per heavy atom. The number of amides is 2. The van der Waals surface area contributed by atoms with Crippen LogP contribution in [0.5, 0.6) is 0 Å². The highest BCUT2D eigenvalue weighted by Gasteiger charge is 2.29. The number of benzene rings is 2. The zero-order valence-electron chi connectivity index (χ0n) is 17.5. The highest BCUT2D eigenvalue weighted by molar-refractivity contribution is 6.15. The van der Waals surface area contributed by atoms with Gasteiger partial charge in [0.05, 0.1) is 48.3 Å². The van der Waals surface area contributed by atoms with Crippen molar-refractivity contribution < 1.29 is 28.7 Å². The van der Waals surface area contributed by atoms with Crippen molar-refractivity contribution in [1.29, 1.82) is 10.5 Å². The van der Waals surface area contributed by atoms with E-state index in [1.807, 2.05) is 12.1 Å². The van der Waals surface area contributed by atoms with Gasteiger partial charge >= 0.3 is 11.9 Å². The van der Waals surface area contributed by atoms with Gasteiger partial charge in [-0.3, -0.25) is 19.2 Å². The first kappa shape index (κ1) is 23.8. The highest BCUT2D eigenvalue weighted by Crippen LogP contribution is 2.34. The summed E-state index contributed by atoms with van der Waals surface area (Å²) in [4.78, 5) is 49.3. The quantitative estimate of drug-likeness (QED) is 0.573. The van der Waals surface area contributed by atoms with Crippen LogP contribution in [0.2, 0.25) is 0 Å². The summed E-state index contributed by atoms with van der Waals surface area (Å²) >= 11 is 0. The number of rotatable bonds is 8. The molecule has 2 rings (SSSR count). The Hall–Kier alpha value is -4.44. The van der Waals surface area contributed by atoms with E-state index in [1.54, 1.807) is 13.8 Å². The Morgan fingerprint density at radius 2 is 1.12 bits per heavy atom. The van der Waals surface area contributed by atoms with Crippen LogP contribution in [0.4, 0.5) is 0 Å². The van der Waals surface area contributed by atoms with E-state index < -0.39 is 36.6 Å². The summed E-state index contributed by atoms with van der Waals surface area (Å²) < 4.78 is 9.92. The second-order valence-corrected chi connectivity index (χ2v) is 6.57. The predicted octanol–water partition coefficient (Wildman–Crippen LogP) is 0.992. The number of carbonyl (C=O) groups is 4. The molecule has 0 heterocycles. The molecule has 10 nitrogen and oxygen atoms in total. The van der Waals surface area contributed by atoms with Crippen molar-refractivity contribution in [3.63, 3.8) is 0 Å². The van der Waals surface area contributed by atoms with Gasteiger partial charge in [0.15, 0.2) is 0 Å². The van der Waals surface area contributed by atoms with Crippen LogP contribution in [0.1, 0.15) is 56.8 Å². The third-order valence-corrected chi connectivity index (χ3v) is 4.65. The summed E-state index contributed by atoms with van der Waals surface area (Å²) in [6.45, 7) is 3.31. The average molecular weight is 436 g/mol. The van der Waals surface area contributed by atoms with Crippen molar-refractivity contribution >= 4 is 34.5 Å². The summed E-state index contributed by atoms with van der Waals surface area (Å²) in [7, 11) is 0. The van der Waals surface area contributed by atoms with Gasteiger partial charge in [-0.25, -0.2) is 0 Å². The van der Waals surface area contributed by atoms with Gasteiger partial charge in [0, 0.05) is 0 Å². The number of nitrogens with two attached hydrogens (primary N) is 2. The number of hydrogen-bond acceptors (Lipinski definition) is 8. The molecule has 2 aromatic rings. The summed E-state index contributed by atoms with van der Waals surface area (Å²) in [5.74, 6) is -3.55. The van der Waals surface area contributed by atoms with Gasteiger partial charge in [-0.15, -0.1) is 0 Å². The van der Waals surface area contributed by atoms with Gasteiger partial charge in [0.1, 0.15) is 12.1 Å². The molecule has 0 saturated carbocycles. The van der Waals surface area contributed by atoms with Crippen LogP contribution < -0.4 is 11.5 Å². The van der Waals surface area contributed by atoms with Crippen LogP contribution >= 0.6 is 0 Å². The zero-order valence-corrected chi connectivity index (χ0v) is 17.5. The highest BCUT2D eigenvalue weighted by atomic mass is 16.5. The second kappa shape index (κ2) is 10.0. The fourth-order valence-electron chi connectivity index (χ4n) is 3.48. The lowest BCUT2D eigenvalue weighted by Crippen LogP contribution is -2.27. The van der Waals surface area contributed by atoms with Crippen molar-refractivity contribution in [2.24, 2.45) is 11.5 Å². The van der Waals surface area contributed by atoms with Gasteiger partial charge < -0.3 is 20.9 Å². The molecule has 0 atom stereocenters. The number of fused-ring (bicyclic) bond motifs is 1. The van der Waals surface area contributed by atoms with Crippen molar-refractivity contribution in [3.8, 4) is 12.1 Å². The molecule has 0 fully saturated rings. The van der Waals surface area contributed by atoms with Crippen molar-refractivity contribution in [1.82, 2.24) is 0 Å². The van der Waals surface area contributed by atoms with Crippen LogP contribution in [0.25, 0.3) is 10.8 Å². The molecule has 0 spiro atoms. The predicted molar refractivity (Wildman–Crippen MR) is 111 cm³/mol. The number of nitrogens with zero attached hydrogens (tertiary/aromatic N) is 2. The van der Waals surface area contributed by atoms with Crippen molar-refractivity contribution in [2.45, 2.75) is 26.7 Å². The minimum Gasteiger partial charge on any atom is -0.466 e. The molecular formula is C22H20N4O6. The average Bonchev–Trinajstić information content (AvgIpc) is 2.73. The smallest absolute Gasteiger partial charge is 0.310 e. The maximum absolute atomic E-state index is 12.4. The molecular weight excluding hydrogens is 416 g/mol. The molecule has 0 aliphatic rings. The Balaban J connectivity index is 3.10. The summed E-state index contributed by atoms with van der Waals surface area (Å²) in [6.07, 6.45) is -0.918. The van der Waals surface area contributed by atoms with Crippen LogP contribution in [0, 0.1) is 22.7 Å². The largest absolute Gasteiger partial charge is 0.466 e. The summed E-state index contributed by atoms with van der Waals surface area (Å²) in [5, 5.41) is 19.3. The Morgan fingerprint density at radius 1 is 0.781 bits per heavy atom. The molecule has 0 aliphatic carbocycles. The fraction of sp³-hybridized carbons (Fsp3) is 0.273. The van der Waals surface area contributed by atoms with Gasteiger partial charge in [-0.05, 0) is 47.9 Å². The van der Waals surface area contributed by atoms with E-state index >= 15 is 0 Å². The van der Waals surface area contributed by atoms with Crippen LogP contribution in [0.15, 0.2) is 12.1 Å². The van der Waals surface area contributed by atoms with E-state index in [0.29, 0.717) is 0 Å². The van der Waals surface area contributed by atoms with E-state index in [9.17, 15) is 29.7 Å². The number of esters is 2. The van der Waals surface area contributed by atoms with E-state index in [4.69, 9.17) is 20.9 Å². The van der Waals surface area contributed by atoms with E-state index in [0.717, 1.165) is 0 Å². The monoisotopic (exact) mass is 436 g/mol. The van der Waals surface area contributed by atoms with E-state index in [2.05, 4.69) is 0 Å². The first-order valence-electron chi connectivity index (χ1n) is 9.56. The van der Waals surface area contributed by atoms with Gasteiger partial charge in [-0.1, -0.05) is 0 Å². The first-order valence-corrected chi connectivity index (χ1v) is 9.56. The maximum Gasteiger partial charge on any atom is 0.310 e. The molecule has 10 heteroatoms. The third kappa shape index (κ3) is 4.65. The van der Waals surface area contributed by atoms with E-state index in [-0.39, 0.29) is 57.4 Å². The maximum atomic E-state index is 12.4. The SMILES string of the molecule is CCOC(=O)Cc1c(C(N)=O)c(C(N)=O)c(CC(=O)OCC)c2cc(C#N)c(C#N)cc12. The molecule has 0 unspecified atom stereocenters. The summed E-state index contributed by atoms with van der Waals surface area (Å²) in [6, 6.07) is 6.35.